The van der Waals surface area contributed by atoms with Crippen molar-refractivity contribution in [1.29, 1.82) is 0 Å². The highest BCUT2D eigenvalue weighted by Crippen LogP contribution is 2.34. The van der Waals surface area contributed by atoms with Crippen LogP contribution in [-0.2, 0) is 10.0 Å². The van der Waals surface area contributed by atoms with Gasteiger partial charge in [0.2, 0.25) is 15.9 Å². The van der Waals surface area contributed by atoms with Gasteiger partial charge >= 0.3 is 0 Å². The molecular weight excluding hydrogens is 510 g/mol. The molecule has 0 aliphatic carbocycles. The average molecular weight is 540 g/mol. The van der Waals surface area contributed by atoms with E-state index < -0.39 is 21.5 Å². The summed E-state index contributed by atoms with van der Waals surface area (Å²) in [6, 6.07) is 8.85. The molecule has 1 amide bonds. The summed E-state index contributed by atoms with van der Waals surface area (Å²) in [5, 5.41) is 9.23. The van der Waals surface area contributed by atoms with E-state index in [1.807, 2.05) is 19.1 Å². The second-order valence-electron chi connectivity index (χ2n) is 9.12. The van der Waals surface area contributed by atoms with Gasteiger partial charge in [-0.3, -0.25) is 9.59 Å². The molecule has 13 heteroatoms. The number of ether oxygens (including phenoxy) is 1. The maximum Gasteiger partial charge on any atom is 0.263 e. The van der Waals surface area contributed by atoms with Crippen LogP contribution in [0.1, 0.15) is 15.9 Å². The van der Waals surface area contributed by atoms with Crippen molar-refractivity contribution < 1.29 is 17.9 Å². The van der Waals surface area contributed by atoms with Gasteiger partial charge in [0, 0.05) is 55.9 Å². The first-order valence-electron chi connectivity index (χ1n) is 12.2. The van der Waals surface area contributed by atoms with Gasteiger partial charge in [0.05, 0.1) is 23.8 Å². The highest BCUT2D eigenvalue weighted by atomic mass is 32.2. The summed E-state index contributed by atoms with van der Waals surface area (Å²) in [4.78, 5) is 34.9. The van der Waals surface area contributed by atoms with E-state index in [0.29, 0.717) is 62.3 Å². The Morgan fingerprint density at radius 3 is 2.53 bits per heavy atom. The number of benzene rings is 1. The Morgan fingerprint density at radius 2 is 1.82 bits per heavy atom. The third-order valence-electron chi connectivity index (χ3n) is 6.60. The maximum absolute atomic E-state index is 13.2. The zero-order valence-electron chi connectivity index (χ0n) is 21.1. The number of aromatic nitrogens is 2. The molecule has 5 rings (SSSR count). The van der Waals surface area contributed by atoms with Gasteiger partial charge < -0.3 is 30.6 Å². The predicted octanol–water partition coefficient (Wildman–Crippen LogP) is 1.96. The smallest absolute Gasteiger partial charge is 0.263 e. The fourth-order valence-electron chi connectivity index (χ4n) is 4.53. The van der Waals surface area contributed by atoms with Gasteiger partial charge in [0.25, 0.3) is 11.5 Å². The van der Waals surface area contributed by atoms with Crippen LogP contribution in [0.4, 0.5) is 28.4 Å². The molecule has 2 aliphatic heterocycles. The molecule has 2 aromatic heterocycles. The van der Waals surface area contributed by atoms with Gasteiger partial charge in [0.1, 0.15) is 17.9 Å². The molecule has 12 nitrogen and oxygen atoms in total. The molecule has 0 bridgehead atoms. The van der Waals surface area contributed by atoms with E-state index in [0.717, 1.165) is 16.9 Å². The normalized spacial score (nSPS) is 15.7. The fraction of sp³-hybridized carbons (Fsp3) is 0.320. The van der Waals surface area contributed by atoms with Crippen LogP contribution in [0.15, 0.2) is 47.5 Å². The highest BCUT2D eigenvalue weighted by molar-refractivity contribution is 7.88. The Bertz CT molecular complexity index is 1510. The number of H-pyrrole nitrogens is 1. The Morgan fingerprint density at radius 1 is 1.08 bits per heavy atom. The van der Waals surface area contributed by atoms with Crippen LogP contribution in [0.5, 0.6) is 5.88 Å². The van der Waals surface area contributed by atoms with E-state index in [2.05, 4.69) is 30.8 Å². The molecule has 0 radical (unpaired) electrons. The molecule has 1 aromatic carbocycles. The van der Waals surface area contributed by atoms with Gasteiger partial charge in [-0.25, -0.2) is 13.4 Å². The maximum atomic E-state index is 13.2. The number of nitrogens with one attached hydrogen (secondary N) is 4. The first-order valence-corrected chi connectivity index (χ1v) is 14.0. The molecule has 2 aliphatic rings. The Balaban J connectivity index is 1.30. The van der Waals surface area contributed by atoms with Crippen molar-refractivity contribution >= 4 is 44.4 Å². The number of hydrogen-bond donors (Lipinski definition) is 4. The van der Waals surface area contributed by atoms with E-state index in [9.17, 15) is 18.0 Å². The first kappa shape index (κ1) is 25.5. The molecule has 1 saturated heterocycles. The number of fused-ring (bicyclic) bond motifs is 1. The lowest BCUT2D eigenvalue weighted by Crippen LogP contribution is -2.48. The summed E-state index contributed by atoms with van der Waals surface area (Å²) in [6.45, 7) is 5.09. The van der Waals surface area contributed by atoms with Crippen molar-refractivity contribution in [3.63, 3.8) is 0 Å². The topological polar surface area (TPSA) is 149 Å². The van der Waals surface area contributed by atoms with Crippen LogP contribution in [0.3, 0.4) is 0 Å². The number of rotatable bonds is 6. The highest BCUT2D eigenvalue weighted by Gasteiger charge is 2.24. The van der Waals surface area contributed by atoms with Crippen LogP contribution in [0.2, 0.25) is 0 Å². The van der Waals surface area contributed by atoms with Crippen molar-refractivity contribution in [3.8, 4) is 5.88 Å². The molecule has 0 spiro atoms. The number of aromatic amines is 1. The molecule has 4 N–H and O–H groups in total. The number of carbonyl (C=O) groups excluding carboxylic acids is 1. The van der Waals surface area contributed by atoms with E-state index >= 15 is 0 Å². The molecule has 38 heavy (non-hydrogen) atoms. The zero-order chi connectivity index (χ0) is 26.9. The second kappa shape index (κ2) is 10.3. The third kappa shape index (κ3) is 5.29. The molecule has 1 fully saturated rings. The van der Waals surface area contributed by atoms with Crippen molar-refractivity contribution in [3.05, 3.63) is 64.2 Å². The molecule has 3 aromatic rings. The number of anilines is 5. The van der Waals surface area contributed by atoms with E-state index in [4.69, 9.17) is 4.74 Å². The van der Waals surface area contributed by atoms with Crippen molar-refractivity contribution in [2.45, 2.75) is 6.92 Å². The Kier molecular flexibility index (Phi) is 6.95. The lowest BCUT2D eigenvalue weighted by atomic mass is 10.1. The predicted molar refractivity (Wildman–Crippen MR) is 146 cm³/mol. The van der Waals surface area contributed by atoms with Crippen LogP contribution in [0.25, 0.3) is 0 Å². The van der Waals surface area contributed by atoms with Crippen LogP contribution >= 0.6 is 0 Å². The summed E-state index contributed by atoms with van der Waals surface area (Å²) in [7, 11) is -3.20. The number of carbonyl (C=O) groups is 1. The van der Waals surface area contributed by atoms with Gasteiger partial charge in [-0.2, -0.15) is 4.31 Å². The van der Waals surface area contributed by atoms with Crippen LogP contribution in [-0.4, -0.2) is 74.2 Å². The molecule has 200 valence electrons. The SMILES string of the molecule is Cc1c(Nc2cc[nH]c(=O)c2C(=O)Nc2ccc(N3CCN(S(C)(=O)=O)CC3)cc2)cnc2c1NCCO2. The number of amides is 1. The van der Waals surface area contributed by atoms with Crippen molar-refractivity contribution in [2.24, 2.45) is 0 Å². The fourth-order valence-corrected chi connectivity index (χ4v) is 5.35. The van der Waals surface area contributed by atoms with E-state index in [1.165, 1.54) is 16.8 Å². The number of nitrogens with zero attached hydrogens (tertiary/aromatic N) is 3. The minimum atomic E-state index is -3.20. The first-order chi connectivity index (χ1) is 18.2. The van der Waals surface area contributed by atoms with Gasteiger partial charge in [-0.05, 0) is 37.3 Å². The lowest BCUT2D eigenvalue weighted by molar-refractivity contribution is 0.102. The largest absolute Gasteiger partial charge is 0.474 e. The van der Waals surface area contributed by atoms with Crippen LogP contribution in [0, 0.1) is 6.92 Å². The quantitative estimate of drug-likeness (QED) is 0.369. The Labute approximate surface area is 220 Å². The number of hydrogen-bond acceptors (Lipinski definition) is 9. The Hall–Kier alpha value is -4.10. The third-order valence-corrected chi connectivity index (χ3v) is 7.90. The molecule has 0 saturated carbocycles. The molecular formula is C25H29N7O5S. The van der Waals surface area contributed by atoms with E-state index in [-0.39, 0.29) is 5.56 Å². The van der Waals surface area contributed by atoms with Gasteiger partial charge in [-0.15, -0.1) is 0 Å². The molecule has 0 unspecified atom stereocenters. The van der Waals surface area contributed by atoms with Crippen molar-refractivity contribution in [1.82, 2.24) is 14.3 Å². The zero-order valence-corrected chi connectivity index (χ0v) is 21.9. The molecule has 4 heterocycles. The summed E-state index contributed by atoms with van der Waals surface area (Å²) < 4.78 is 30.5. The van der Waals surface area contributed by atoms with Crippen molar-refractivity contribution in [2.75, 3.05) is 66.4 Å². The van der Waals surface area contributed by atoms with E-state index in [1.54, 1.807) is 24.4 Å². The lowest BCUT2D eigenvalue weighted by Gasteiger charge is -2.34. The number of pyridine rings is 2. The number of piperazine rings is 1. The standard InChI is InChI=1S/C25H29N7O5S/c1-16-20(15-28-25-22(16)26-9-14-37-25)30-19-7-8-27-23(33)21(19)24(34)29-17-3-5-18(6-4-17)31-10-12-32(13-11-31)38(2,35)36/h3-8,15,26H,9-14H2,1-2H3,(H,29,34)(H2,27,30,33). The molecule has 0 atom stereocenters. The average Bonchev–Trinajstić information content (AvgIpc) is 2.90. The minimum Gasteiger partial charge on any atom is -0.474 e. The summed E-state index contributed by atoms with van der Waals surface area (Å²) in [5.41, 5.74) is 3.46. The summed E-state index contributed by atoms with van der Waals surface area (Å²) in [6.07, 6.45) is 4.30. The minimum absolute atomic E-state index is 0.0604. The summed E-state index contributed by atoms with van der Waals surface area (Å²) >= 11 is 0. The monoisotopic (exact) mass is 539 g/mol. The van der Waals surface area contributed by atoms with Gasteiger partial charge in [-0.1, -0.05) is 0 Å². The van der Waals surface area contributed by atoms with Gasteiger partial charge in [0.15, 0.2) is 0 Å². The summed E-state index contributed by atoms with van der Waals surface area (Å²) in [5.74, 6) is -0.0437. The number of sulfonamides is 1. The van der Waals surface area contributed by atoms with Crippen LogP contribution < -0.4 is 31.1 Å². The second-order valence-corrected chi connectivity index (χ2v) is 11.1.